The Bertz CT molecular complexity index is 2010. The lowest BCUT2D eigenvalue weighted by Gasteiger charge is -2.32. The van der Waals surface area contributed by atoms with E-state index in [9.17, 15) is 4.79 Å². The first-order valence-corrected chi connectivity index (χ1v) is 17.3. The molecule has 6 N–H and O–H groups in total. The number of nitrogens with two attached hydrogens (primary N) is 1. The first kappa shape index (κ1) is 37.3. The number of amidine groups is 1. The fourth-order valence-electron chi connectivity index (χ4n) is 5.51. The van der Waals surface area contributed by atoms with Gasteiger partial charge in [-0.3, -0.25) is 25.4 Å². The van der Waals surface area contributed by atoms with E-state index in [4.69, 9.17) is 44.5 Å². The molecule has 0 fully saturated rings. The second-order valence-electron chi connectivity index (χ2n) is 13.6. The van der Waals surface area contributed by atoms with Crippen molar-refractivity contribution in [1.29, 1.82) is 10.8 Å². The lowest BCUT2D eigenvalue weighted by molar-refractivity contribution is 0.171. The summed E-state index contributed by atoms with van der Waals surface area (Å²) in [6.45, 7) is 7.51. The number of nitrogens with one attached hydrogen (secondary N) is 4. The average molecular weight is 732 g/mol. The molecule has 12 nitrogen and oxygen atoms in total. The van der Waals surface area contributed by atoms with Gasteiger partial charge in [-0.25, -0.2) is 9.79 Å². The van der Waals surface area contributed by atoms with E-state index in [0.29, 0.717) is 58.0 Å². The Morgan fingerprint density at radius 3 is 2.47 bits per heavy atom. The van der Waals surface area contributed by atoms with Gasteiger partial charge in [0.1, 0.15) is 34.7 Å². The molecule has 2 aromatic carbocycles. The summed E-state index contributed by atoms with van der Waals surface area (Å²) in [6.07, 6.45) is 7.63. The molecule has 4 aromatic rings. The molecular formula is C37H44Cl2N10O2. The van der Waals surface area contributed by atoms with Crippen LogP contribution >= 0.6 is 23.2 Å². The van der Waals surface area contributed by atoms with E-state index < -0.39 is 6.03 Å². The number of pyridine rings is 1. The maximum atomic E-state index is 13.5. The third-order valence-electron chi connectivity index (χ3n) is 8.43. The average Bonchev–Trinajstić information content (AvgIpc) is 3.52. The second-order valence-corrected chi connectivity index (χ2v) is 14.5. The zero-order valence-corrected chi connectivity index (χ0v) is 30.9. The van der Waals surface area contributed by atoms with Crippen LogP contribution in [0.3, 0.4) is 0 Å². The molecule has 268 valence electrons. The number of urea groups is 1. The van der Waals surface area contributed by atoms with Crippen LogP contribution in [0.2, 0.25) is 10.0 Å². The van der Waals surface area contributed by atoms with Crippen molar-refractivity contribution in [3.8, 4) is 5.75 Å². The molecule has 0 aliphatic heterocycles. The number of aliphatic imine (C=N–C) groups is 1. The molecule has 2 aromatic heterocycles. The highest BCUT2D eigenvalue weighted by Gasteiger charge is 2.30. The van der Waals surface area contributed by atoms with Crippen LogP contribution in [-0.2, 0) is 6.54 Å². The van der Waals surface area contributed by atoms with Gasteiger partial charge in [0.25, 0.3) is 0 Å². The Morgan fingerprint density at radius 1 is 1.08 bits per heavy atom. The summed E-state index contributed by atoms with van der Waals surface area (Å²) in [6, 6.07) is 15.4. The third kappa shape index (κ3) is 9.46. The number of amides is 2. The smallest absolute Gasteiger partial charge is 0.320 e. The van der Waals surface area contributed by atoms with Crippen LogP contribution in [0.25, 0.3) is 0 Å². The molecule has 0 spiro atoms. The fourth-order valence-corrected chi connectivity index (χ4v) is 6.09. The number of hydrogen-bond donors (Lipinski definition) is 5. The number of benzene rings is 2. The third-order valence-corrected chi connectivity index (χ3v) is 9.06. The number of fused-ring (bicyclic) bond motifs is 1. The van der Waals surface area contributed by atoms with Gasteiger partial charge in [-0.05, 0) is 62.3 Å². The molecule has 0 saturated heterocycles. The predicted octanol–water partition coefficient (Wildman–Crippen LogP) is 6.78. The number of ether oxygens (including phenoxy) is 1. The number of likely N-dealkylation sites (N-methyl/N-ethyl adjacent to an activating group) is 1. The van der Waals surface area contributed by atoms with E-state index >= 15 is 0 Å². The van der Waals surface area contributed by atoms with Crippen LogP contribution in [0, 0.1) is 16.2 Å². The molecule has 2 heterocycles. The monoisotopic (exact) mass is 730 g/mol. The standard InChI is InChI=1S/C37H44Cl2N10O2/c1-37(2,3)31(40)19-33(44-23-20-43-48(21-23)18-17-47(4)5)46-36(50)45-29-14-15-30(26-10-7-6-9-25(26)29)51-24-13-16-32(41)49(22-24)35(42)34-27(38)11-8-12-28(34)39/h6-13,16,19-22,29-30,41-42H,14-15,17-18,40H2,1-5H3,(H2,44,45,46,50). The predicted molar refractivity (Wildman–Crippen MR) is 202 cm³/mol. The molecule has 14 heteroatoms. The number of hydrogen-bond acceptors (Lipinski definition) is 8. The van der Waals surface area contributed by atoms with Crippen molar-refractivity contribution in [2.24, 2.45) is 16.1 Å². The number of carbonyl (C=O) groups is 1. The van der Waals surface area contributed by atoms with Crippen LogP contribution in [0.4, 0.5) is 10.5 Å². The molecule has 2 unspecified atom stereocenters. The molecule has 1 aliphatic carbocycles. The Morgan fingerprint density at radius 2 is 1.78 bits per heavy atom. The Hall–Kier alpha value is -4.91. The van der Waals surface area contributed by atoms with Crippen molar-refractivity contribution in [1.82, 2.24) is 29.9 Å². The number of rotatable bonds is 9. The molecule has 0 bridgehead atoms. The van der Waals surface area contributed by atoms with Crippen molar-refractivity contribution in [3.63, 3.8) is 0 Å². The summed E-state index contributed by atoms with van der Waals surface area (Å²) in [5.74, 6) is 0.727. The summed E-state index contributed by atoms with van der Waals surface area (Å²) < 4.78 is 9.66. The minimum absolute atomic E-state index is 0.0412. The van der Waals surface area contributed by atoms with Gasteiger partial charge in [-0.1, -0.05) is 74.3 Å². The van der Waals surface area contributed by atoms with Crippen molar-refractivity contribution in [2.75, 3.05) is 20.6 Å². The van der Waals surface area contributed by atoms with E-state index in [0.717, 1.165) is 17.7 Å². The Kier molecular flexibility index (Phi) is 11.7. The van der Waals surface area contributed by atoms with E-state index in [2.05, 4.69) is 25.6 Å². The van der Waals surface area contributed by atoms with Gasteiger partial charge < -0.3 is 20.7 Å². The van der Waals surface area contributed by atoms with Crippen molar-refractivity contribution in [3.05, 3.63) is 117 Å². The van der Waals surface area contributed by atoms with Gasteiger partial charge in [-0.2, -0.15) is 5.10 Å². The first-order valence-electron chi connectivity index (χ1n) is 16.6. The summed E-state index contributed by atoms with van der Waals surface area (Å²) in [4.78, 5) is 20.3. The molecule has 1 aliphatic rings. The highest BCUT2D eigenvalue weighted by molar-refractivity contribution is 6.40. The maximum absolute atomic E-state index is 13.5. The van der Waals surface area contributed by atoms with E-state index in [-0.39, 0.29) is 28.9 Å². The minimum atomic E-state index is -0.422. The van der Waals surface area contributed by atoms with E-state index in [1.165, 1.54) is 4.57 Å². The van der Waals surface area contributed by atoms with Crippen molar-refractivity contribution in [2.45, 2.75) is 52.3 Å². The van der Waals surface area contributed by atoms with Crippen LogP contribution in [0.15, 0.2) is 90.0 Å². The van der Waals surface area contributed by atoms with E-state index in [1.807, 2.05) is 70.0 Å². The topological polar surface area (TPSA) is 162 Å². The van der Waals surface area contributed by atoms with Gasteiger partial charge in [0.15, 0.2) is 0 Å². The van der Waals surface area contributed by atoms with Crippen LogP contribution in [0.1, 0.15) is 62.4 Å². The van der Waals surface area contributed by atoms with Crippen LogP contribution < -0.4 is 26.6 Å². The molecule has 0 radical (unpaired) electrons. The van der Waals surface area contributed by atoms with Gasteiger partial charge in [0.05, 0.1) is 46.8 Å². The summed E-state index contributed by atoms with van der Waals surface area (Å²) >= 11 is 12.7. The van der Waals surface area contributed by atoms with Gasteiger partial charge >= 0.3 is 6.03 Å². The molecule has 2 amide bonds. The lowest BCUT2D eigenvalue weighted by Crippen LogP contribution is -2.42. The highest BCUT2D eigenvalue weighted by Crippen LogP contribution is 2.38. The fraction of sp³-hybridized carbons (Fsp3) is 0.324. The van der Waals surface area contributed by atoms with Crippen LogP contribution in [0.5, 0.6) is 5.75 Å². The van der Waals surface area contributed by atoms with Gasteiger partial charge in [0, 0.05) is 23.7 Å². The summed E-state index contributed by atoms with van der Waals surface area (Å²) in [5.41, 5.74) is 9.47. The molecular weight excluding hydrogens is 687 g/mol. The summed E-state index contributed by atoms with van der Waals surface area (Å²) in [7, 11) is 4.00. The highest BCUT2D eigenvalue weighted by atomic mass is 35.5. The lowest BCUT2D eigenvalue weighted by atomic mass is 9.85. The van der Waals surface area contributed by atoms with Crippen molar-refractivity contribution < 1.29 is 9.53 Å². The number of carbonyl (C=O) groups excluding carboxylic acids is 1. The quantitative estimate of drug-likeness (QED) is 0.0946. The van der Waals surface area contributed by atoms with Crippen LogP contribution in [-0.4, -0.2) is 57.6 Å². The normalized spacial score (nSPS) is 16.5. The summed E-state index contributed by atoms with van der Waals surface area (Å²) in [5, 5.41) is 28.3. The molecule has 51 heavy (non-hydrogen) atoms. The second kappa shape index (κ2) is 16.0. The van der Waals surface area contributed by atoms with Gasteiger partial charge in [-0.15, -0.1) is 0 Å². The molecule has 0 saturated carbocycles. The minimum Gasteiger partial charge on any atom is -0.484 e. The van der Waals surface area contributed by atoms with E-state index in [1.54, 1.807) is 48.8 Å². The number of halogens is 2. The number of nitrogens with zero attached hydrogens (tertiary/aromatic N) is 5. The van der Waals surface area contributed by atoms with Crippen molar-refractivity contribution >= 4 is 46.6 Å². The van der Waals surface area contributed by atoms with Gasteiger partial charge in [0.2, 0.25) is 0 Å². The number of allylic oxidation sites excluding steroid dienone is 1. The number of aromatic nitrogens is 3. The maximum Gasteiger partial charge on any atom is 0.320 e. The largest absolute Gasteiger partial charge is 0.484 e. The zero-order chi connectivity index (χ0) is 36.9. The molecule has 5 rings (SSSR count). The SMILES string of the molecule is CN(C)CCn1cc(N=C(C=C(N)C(C)(C)C)NC(=O)NC2CCC(Oc3ccc(=N)n(C(=N)c4c(Cl)cccc4Cl)c3)c3ccccc32)cn1. The Labute approximate surface area is 307 Å². The first-order chi connectivity index (χ1) is 24.2. The zero-order valence-electron chi connectivity index (χ0n) is 29.4. The Balaban J connectivity index is 1.33. The molecule has 2 atom stereocenters.